The summed E-state index contributed by atoms with van der Waals surface area (Å²) >= 11 is 0. The maximum Gasteiger partial charge on any atom is 0.407 e. The topological polar surface area (TPSA) is 425 Å². The van der Waals surface area contributed by atoms with E-state index in [9.17, 15) is 81.3 Å². The molecule has 33 nitrogen and oxygen atoms in total. The smallest absolute Gasteiger partial charge is 0.407 e. The lowest BCUT2D eigenvalue weighted by molar-refractivity contribution is -0.343. The molecule has 9 rings (SSSR count). The van der Waals surface area contributed by atoms with E-state index in [0.29, 0.717) is 61.6 Å². The van der Waals surface area contributed by atoms with E-state index in [2.05, 4.69) is 15.3 Å². The van der Waals surface area contributed by atoms with Gasteiger partial charge >= 0.3 is 67.4 Å². The Morgan fingerprint density at radius 3 is 1.45 bits per heavy atom. The average molecular weight is 1510 g/mol. The Balaban J connectivity index is 1.16. The number of halogens is 5. The van der Waals surface area contributed by atoms with Crippen molar-refractivity contribution in [3.8, 4) is 16.9 Å². The van der Waals surface area contributed by atoms with Crippen molar-refractivity contribution in [3.05, 3.63) is 138 Å². The van der Waals surface area contributed by atoms with Gasteiger partial charge in [0.25, 0.3) is 0 Å². The Hall–Kier alpha value is -8.94. The molecule has 2 aromatic heterocycles. The van der Waals surface area contributed by atoms with Gasteiger partial charge in [0.2, 0.25) is 34.8 Å². The predicted molar refractivity (Wildman–Crippen MR) is 329 cm³/mol. The van der Waals surface area contributed by atoms with E-state index >= 15 is 8.78 Å². The lowest BCUT2D eigenvalue weighted by atomic mass is 9.94. The monoisotopic (exact) mass is 1500 g/mol. The van der Waals surface area contributed by atoms with Crippen LogP contribution in [0.5, 0.6) is 5.75 Å². The van der Waals surface area contributed by atoms with Crippen LogP contribution in [0.3, 0.4) is 0 Å². The second kappa shape index (κ2) is 32.8. The van der Waals surface area contributed by atoms with E-state index in [-0.39, 0.29) is 0 Å². The molecule has 2 N–H and O–H groups in total. The zero-order valence-electron chi connectivity index (χ0n) is 53.2. The van der Waals surface area contributed by atoms with Crippen molar-refractivity contribution in [3.63, 3.8) is 0 Å². The number of alkyl carbamates (subject to hydrolysis) is 1. The van der Waals surface area contributed by atoms with E-state index in [1.165, 1.54) is 0 Å². The van der Waals surface area contributed by atoms with Crippen molar-refractivity contribution in [2.24, 2.45) is 5.11 Å². The van der Waals surface area contributed by atoms with Gasteiger partial charge in [-0.15, -0.1) is 0 Å². The first-order chi connectivity index (χ1) is 47.9. The number of hydrogen-bond acceptors (Lipinski definition) is 32. The molecule has 4 aliphatic rings. The number of rotatable bonds is 24. The molecule has 3 aliphatic heterocycles. The highest BCUT2D eigenvalue weighted by Crippen LogP contribution is 2.45. The lowest BCUT2D eigenvalue weighted by Crippen LogP contribution is -2.66. The standard InChI is InChI=1S/C59H57F5N6O27S4/c1-20(40(51(78)96-47-38(63)36(61)35(60)37(62)39(47)64)66-55(79)87-16-31-29-14-10-8-12-27(29)28-13-9-11-15-30(28)31)88-52-41(67-68-65)48(97-54-43(70-58(82)100-101-59(70)83)50(92-26(7)76)46(90-24(5)74)34(95-54)19-85-22(3)72)44(77)32(93-52)17-86-53-42(69-56(80)98-99-57(69)81)49(91-25(6)75)45(89-23(4)73)33(94-53)18-84-21(2)71/h8-15,20,31-34,40-46,48-50,52-54,77H,16-19H2,1-7H3,(H,66,79)/t20-,32-,33-,34-,40+,41-,42-,43-,44+,45-,46-,48-,49-,50-,52+,53-,54+/m1/s1. The number of nitrogens with zero attached hydrogens (tertiary/aromatic N) is 5. The van der Waals surface area contributed by atoms with Crippen LogP contribution in [0.25, 0.3) is 21.6 Å². The number of amides is 1. The number of fused-ring (bicyclic) bond motifs is 3. The Labute approximate surface area is 577 Å². The van der Waals surface area contributed by atoms with Crippen LogP contribution >= 0.6 is 41.4 Å². The molecule has 5 heterocycles. The third kappa shape index (κ3) is 17.0. The van der Waals surface area contributed by atoms with Gasteiger partial charge in [0.05, 0.1) is 12.7 Å². The van der Waals surface area contributed by atoms with E-state index in [4.69, 9.17) is 66.3 Å². The molecule has 3 fully saturated rings. The summed E-state index contributed by atoms with van der Waals surface area (Å²) in [6.07, 6.45) is -29.3. The van der Waals surface area contributed by atoms with Gasteiger partial charge in [-0.05, 0) is 76.1 Å². The molecule has 3 saturated heterocycles. The van der Waals surface area contributed by atoms with Gasteiger partial charge < -0.3 is 76.7 Å². The van der Waals surface area contributed by atoms with E-state index < -0.39 is 239 Å². The van der Waals surface area contributed by atoms with Crippen LogP contribution in [0.2, 0.25) is 0 Å². The molecular formula is C59H57F5N6O27S4. The highest BCUT2D eigenvalue weighted by molar-refractivity contribution is 7.67. The van der Waals surface area contributed by atoms with E-state index in [1.807, 2.05) is 0 Å². The molecule has 3 aromatic carbocycles. The molecule has 42 heteroatoms. The first-order valence-corrected chi connectivity index (χ1v) is 34.1. The molecule has 0 spiro atoms. The van der Waals surface area contributed by atoms with Gasteiger partial charge in [-0.3, -0.25) is 47.9 Å². The lowest BCUT2D eigenvalue weighted by Gasteiger charge is -2.49. The van der Waals surface area contributed by atoms with Crippen molar-refractivity contribution in [1.82, 2.24) is 14.5 Å². The highest BCUT2D eigenvalue weighted by atomic mass is 32.9. The number of nitrogens with one attached hydrogen (secondary N) is 1. The van der Waals surface area contributed by atoms with E-state index in [1.54, 1.807) is 48.5 Å². The zero-order valence-corrected chi connectivity index (χ0v) is 56.4. The van der Waals surface area contributed by atoms with Crippen LogP contribution in [0, 0.1) is 29.1 Å². The second-order valence-electron chi connectivity index (χ2n) is 22.4. The van der Waals surface area contributed by atoms with Crippen molar-refractivity contribution >= 4 is 89.2 Å². The number of hydrogen-bond donors (Lipinski definition) is 2. The minimum atomic E-state index is -2.67. The maximum atomic E-state index is 15.4. The first kappa shape index (κ1) is 76.2. The van der Waals surface area contributed by atoms with Crippen molar-refractivity contribution < 1.29 is 132 Å². The van der Waals surface area contributed by atoms with Crippen LogP contribution < -0.4 is 29.5 Å². The summed E-state index contributed by atoms with van der Waals surface area (Å²) in [4.78, 5) is 158. The summed E-state index contributed by atoms with van der Waals surface area (Å²) in [6.45, 7) is 2.84. The number of azide groups is 1. The number of carbonyl (C=O) groups excluding carboxylic acids is 8. The third-order valence-corrected chi connectivity index (χ3v) is 19.4. The summed E-state index contributed by atoms with van der Waals surface area (Å²) < 4.78 is 156. The fourth-order valence-electron chi connectivity index (χ4n) is 11.6. The number of aliphatic hydroxyl groups is 1. The number of ether oxygens (including phenoxy) is 14. The SMILES string of the molecule is CC(=O)OC[C@H]1O[C@@H](OC[C@H]2O[C@H](O[C@H](C)[C@H](NC(=O)OCC3c4ccccc4-c4ccccc43)C(=O)Oc3c(F)c(F)c(F)c(F)c3F)[C@H](N=[N+]=[N-])[C@@H](O[C@@H]3O[C@H](COC(C)=O)[C@@H](OC(C)=O)[C@H](OC(C)=O)[C@H]3n3c(=O)ssc3=O)[C@H]2O)[C@H](n2c(=O)ssc2=O)[C@@H](OC(C)=O)[C@@H]1OC(C)=O. The van der Waals surface area contributed by atoms with Crippen molar-refractivity contribution in [2.75, 3.05) is 26.4 Å². The Morgan fingerprint density at radius 1 is 0.564 bits per heavy atom. The van der Waals surface area contributed by atoms with Crippen LogP contribution in [0.15, 0.2) is 72.8 Å². The zero-order chi connectivity index (χ0) is 73.6. The summed E-state index contributed by atoms with van der Waals surface area (Å²) in [6, 6.07) is 4.87. The molecule has 1 aliphatic carbocycles. The summed E-state index contributed by atoms with van der Waals surface area (Å²) in [5, 5.41) is 18.6. The number of aromatic nitrogens is 2. The molecule has 0 bridgehead atoms. The number of benzene rings is 3. The second-order valence-corrected chi connectivity index (χ2v) is 26.4. The van der Waals surface area contributed by atoms with Gasteiger partial charge in [0.1, 0.15) is 68.5 Å². The summed E-state index contributed by atoms with van der Waals surface area (Å²) in [7, 11) is 1.38. The quantitative estimate of drug-likeness (QED) is 0.00846. The normalized spacial score (nSPS) is 25.9. The summed E-state index contributed by atoms with van der Waals surface area (Å²) in [5.74, 6) is -24.6. The van der Waals surface area contributed by atoms with Crippen molar-refractivity contribution in [2.45, 2.75) is 158 Å². The van der Waals surface area contributed by atoms with Gasteiger partial charge in [-0.25, -0.2) is 31.9 Å². The predicted octanol–water partition coefficient (Wildman–Crippen LogP) is 3.84. The van der Waals surface area contributed by atoms with Gasteiger partial charge in [0.15, 0.2) is 49.3 Å². The average Bonchev–Trinajstić information content (AvgIpc) is 1.76. The number of carbonyl (C=O) groups is 8. The number of aliphatic hydroxyl groups excluding tert-OH is 1. The minimum Gasteiger partial charge on any atom is -0.463 e. The molecule has 0 saturated carbocycles. The van der Waals surface area contributed by atoms with Gasteiger partial charge in [0, 0.05) is 52.4 Å². The van der Waals surface area contributed by atoms with Gasteiger partial charge in [-0.2, -0.15) is 8.78 Å². The molecule has 101 heavy (non-hydrogen) atoms. The molecule has 0 radical (unpaired) electrons. The van der Waals surface area contributed by atoms with Crippen LogP contribution in [-0.4, -0.2) is 181 Å². The molecule has 544 valence electrons. The molecule has 5 aromatic rings. The maximum absolute atomic E-state index is 15.4. The minimum absolute atomic E-state index is 0.324. The van der Waals surface area contributed by atoms with Crippen molar-refractivity contribution in [1.29, 1.82) is 0 Å². The Morgan fingerprint density at radius 2 is 0.990 bits per heavy atom. The Kier molecular flexibility index (Phi) is 24.8. The van der Waals surface area contributed by atoms with Crippen LogP contribution in [0.4, 0.5) is 26.7 Å². The first-order valence-electron chi connectivity index (χ1n) is 29.8. The van der Waals surface area contributed by atoms with Crippen LogP contribution in [0.1, 0.15) is 77.6 Å². The third-order valence-electron chi connectivity index (χ3n) is 15.7. The fraction of sp³-hybridized carbons (Fsp3) is 0.492. The molecule has 0 unspecified atom stereocenters. The highest BCUT2D eigenvalue weighted by Gasteiger charge is 2.58. The molecule has 1 amide bonds. The van der Waals surface area contributed by atoms with Crippen LogP contribution in [-0.2, 0) is 95.1 Å². The fourth-order valence-corrected chi connectivity index (χ4v) is 15.0. The largest absolute Gasteiger partial charge is 0.463 e. The molecule has 17 atom stereocenters. The Bertz CT molecular complexity index is 4170. The van der Waals surface area contributed by atoms with E-state index in [0.717, 1.165) is 59.6 Å². The van der Waals surface area contributed by atoms with Gasteiger partial charge in [-0.1, -0.05) is 53.6 Å². The molecular weight excluding hydrogens is 1450 g/mol. The summed E-state index contributed by atoms with van der Waals surface area (Å²) in [5.41, 5.74) is 13.2. The number of esters is 7.